The fourth-order valence-corrected chi connectivity index (χ4v) is 6.90. The minimum Gasteiger partial charge on any atom is -0.326 e. The van der Waals surface area contributed by atoms with Gasteiger partial charge >= 0.3 is 0 Å². The Hall–Kier alpha value is -1.83. The van der Waals surface area contributed by atoms with Crippen LogP contribution in [0.4, 0.5) is 11.4 Å². The summed E-state index contributed by atoms with van der Waals surface area (Å²) >= 11 is 5.31. The number of thioether (sulfide) groups is 1. The van der Waals surface area contributed by atoms with Crippen molar-refractivity contribution in [3.8, 4) is 0 Å². The highest BCUT2D eigenvalue weighted by Crippen LogP contribution is 2.57. The molecule has 1 N–H and O–H groups in total. The van der Waals surface area contributed by atoms with E-state index in [0.717, 1.165) is 33.0 Å². The van der Waals surface area contributed by atoms with Crippen molar-refractivity contribution in [2.75, 3.05) is 28.4 Å². The standard InChI is InChI=1S/C22H22BrN3O2S/c1-2-25-19-9-4-3-8-17(19)22(21(25)28)18(11-16-12-29-13-26(16)22)20(27)24-15-7-5-6-14(23)10-15/h3-10,16,18H,2,11-13H2,1H3,(H,24,27)/t16-,18-,22-/m0/s1. The average Bonchev–Trinajstić information content (AvgIpc) is 3.35. The molecule has 7 heteroatoms. The predicted molar refractivity (Wildman–Crippen MR) is 120 cm³/mol. The van der Waals surface area contributed by atoms with Crippen LogP contribution in [0.25, 0.3) is 0 Å². The van der Waals surface area contributed by atoms with Gasteiger partial charge in [0, 0.05) is 45.6 Å². The van der Waals surface area contributed by atoms with Crippen LogP contribution in [-0.4, -0.2) is 40.9 Å². The molecule has 5 rings (SSSR count). The molecule has 3 aliphatic rings. The second-order valence-electron chi connectivity index (χ2n) is 7.74. The summed E-state index contributed by atoms with van der Waals surface area (Å²) < 4.78 is 0.910. The van der Waals surface area contributed by atoms with E-state index in [9.17, 15) is 9.59 Å². The lowest BCUT2D eigenvalue weighted by atomic mass is 9.79. The number of amides is 2. The smallest absolute Gasteiger partial charge is 0.253 e. The molecule has 2 amide bonds. The summed E-state index contributed by atoms with van der Waals surface area (Å²) in [7, 11) is 0. The van der Waals surface area contributed by atoms with Gasteiger partial charge in [0.25, 0.3) is 5.91 Å². The number of hydrogen-bond acceptors (Lipinski definition) is 4. The SMILES string of the molecule is CCN1C(=O)[C@]2(c3ccccc31)[C@H](C(=O)Nc1cccc(Br)c1)C[C@H]1CSCN12. The van der Waals surface area contributed by atoms with Gasteiger partial charge in [0.15, 0.2) is 0 Å². The molecule has 5 nitrogen and oxygen atoms in total. The Morgan fingerprint density at radius 1 is 1.28 bits per heavy atom. The molecule has 150 valence electrons. The Morgan fingerprint density at radius 3 is 2.90 bits per heavy atom. The topological polar surface area (TPSA) is 52.7 Å². The molecule has 3 atom stereocenters. The highest BCUT2D eigenvalue weighted by Gasteiger charge is 2.67. The number of carbonyl (C=O) groups is 2. The Balaban J connectivity index is 1.61. The van der Waals surface area contributed by atoms with E-state index < -0.39 is 11.5 Å². The number of rotatable bonds is 3. The number of anilines is 2. The second kappa shape index (κ2) is 7.15. The Morgan fingerprint density at radius 2 is 2.10 bits per heavy atom. The molecule has 0 radical (unpaired) electrons. The summed E-state index contributed by atoms with van der Waals surface area (Å²) in [4.78, 5) is 31.5. The molecule has 0 saturated carbocycles. The largest absolute Gasteiger partial charge is 0.326 e. The van der Waals surface area contributed by atoms with Crippen LogP contribution < -0.4 is 10.2 Å². The number of nitrogens with one attached hydrogen (secondary N) is 1. The number of halogens is 1. The van der Waals surface area contributed by atoms with Gasteiger partial charge in [-0.25, -0.2) is 0 Å². The first-order chi connectivity index (χ1) is 14.1. The van der Waals surface area contributed by atoms with Crippen LogP contribution >= 0.6 is 27.7 Å². The molecule has 0 unspecified atom stereocenters. The van der Waals surface area contributed by atoms with Crippen LogP contribution in [-0.2, 0) is 15.1 Å². The molecule has 29 heavy (non-hydrogen) atoms. The summed E-state index contributed by atoms with van der Waals surface area (Å²) in [5, 5.41) is 3.08. The van der Waals surface area contributed by atoms with Crippen LogP contribution in [0.5, 0.6) is 0 Å². The maximum absolute atomic E-state index is 13.9. The van der Waals surface area contributed by atoms with Gasteiger partial charge in [-0.2, -0.15) is 0 Å². The average molecular weight is 472 g/mol. The fourth-order valence-electron chi connectivity index (χ4n) is 5.19. The van der Waals surface area contributed by atoms with E-state index >= 15 is 0 Å². The van der Waals surface area contributed by atoms with E-state index in [4.69, 9.17) is 0 Å². The van der Waals surface area contributed by atoms with Gasteiger partial charge in [-0.05, 0) is 37.6 Å². The van der Waals surface area contributed by atoms with Crippen LogP contribution in [0.3, 0.4) is 0 Å². The molecule has 3 heterocycles. The summed E-state index contributed by atoms with van der Waals surface area (Å²) in [6, 6.07) is 15.8. The quantitative estimate of drug-likeness (QED) is 0.733. The number of carbonyl (C=O) groups excluding carboxylic acids is 2. The van der Waals surface area contributed by atoms with Crippen LogP contribution in [0.2, 0.25) is 0 Å². The number of para-hydroxylation sites is 1. The van der Waals surface area contributed by atoms with E-state index in [2.05, 4.69) is 26.1 Å². The van der Waals surface area contributed by atoms with Crippen molar-refractivity contribution >= 4 is 50.9 Å². The molecule has 3 aliphatic heterocycles. The molecule has 1 spiro atoms. The van der Waals surface area contributed by atoms with Crippen molar-refractivity contribution in [1.82, 2.24) is 4.90 Å². The highest BCUT2D eigenvalue weighted by molar-refractivity contribution is 9.10. The van der Waals surface area contributed by atoms with E-state index in [-0.39, 0.29) is 17.9 Å². The van der Waals surface area contributed by atoms with Gasteiger partial charge in [0.05, 0.1) is 5.92 Å². The zero-order valence-corrected chi connectivity index (χ0v) is 18.5. The van der Waals surface area contributed by atoms with Crippen molar-refractivity contribution < 1.29 is 9.59 Å². The third-order valence-electron chi connectivity index (χ3n) is 6.35. The number of nitrogens with zero attached hydrogens (tertiary/aromatic N) is 2. The molecular weight excluding hydrogens is 450 g/mol. The van der Waals surface area contributed by atoms with Gasteiger partial charge < -0.3 is 10.2 Å². The third kappa shape index (κ3) is 2.71. The van der Waals surface area contributed by atoms with E-state index in [0.29, 0.717) is 13.0 Å². The first-order valence-electron chi connectivity index (χ1n) is 9.89. The molecule has 0 bridgehead atoms. The van der Waals surface area contributed by atoms with Crippen LogP contribution in [0.1, 0.15) is 18.9 Å². The maximum Gasteiger partial charge on any atom is 0.253 e. The first kappa shape index (κ1) is 19.2. The van der Waals surface area contributed by atoms with Crippen molar-refractivity contribution in [2.45, 2.75) is 24.9 Å². The molecule has 2 aromatic carbocycles. The van der Waals surface area contributed by atoms with Crippen molar-refractivity contribution in [3.05, 3.63) is 58.6 Å². The van der Waals surface area contributed by atoms with Gasteiger partial charge in [-0.15, -0.1) is 11.8 Å². The normalized spacial score (nSPS) is 28.1. The van der Waals surface area contributed by atoms with E-state index in [1.165, 1.54) is 0 Å². The molecular formula is C22H22BrN3O2S. The maximum atomic E-state index is 13.9. The van der Waals surface area contributed by atoms with Crippen molar-refractivity contribution in [2.24, 2.45) is 5.92 Å². The van der Waals surface area contributed by atoms with Crippen LogP contribution in [0.15, 0.2) is 53.0 Å². The first-order valence-corrected chi connectivity index (χ1v) is 11.8. The minimum atomic E-state index is -0.906. The second-order valence-corrected chi connectivity index (χ2v) is 9.66. The Bertz CT molecular complexity index is 1000. The van der Waals surface area contributed by atoms with Crippen molar-refractivity contribution in [1.29, 1.82) is 0 Å². The summed E-state index contributed by atoms with van der Waals surface area (Å²) in [5.41, 5.74) is 1.76. The predicted octanol–water partition coefficient (Wildman–Crippen LogP) is 4.04. The van der Waals surface area contributed by atoms with Crippen LogP contribution in [0, 0.1) is 5.92 Å². The van der Waals surface area contributed by atoms with E-state index in [1.807, 2.05) is 72.1 Å². The summed E-state index contributed by atoms with van der Waals surface area (Å²) in [6.07, 6.45) is 0.699. The molecule has 0 aromatic heterocycles. The molecule has 2 saturated heterocycles. The Kier molecular flexibility index (Phi) is 4.72. The van der Waals surface area contributed by atoms with E-state index in [1.54, 1.807) is 0 Å². The molecule has 2 aromatic rings. The lowest BCUT2D eigenvalue weighted by molar-refractivity contribution is -0.136. The number of fused-ring (bicyclic) bond motifs is 4. The van der Waals surface area contributed by atoms with Gasteiger partial charge in [-0.3, -0.25) is 14.5 Å². The van der Waals surface area contributed by atoms with Gasteiger partial charge in [0.1, 0.15) is 5.54 Å². The number of hydrogen-bond donors (Lipinski definition) is 1. The zero-order valence-electron chi connectivity index (χ0n) is 16.1. The lowest BCUT2D eigenvalue weighted by Crippen LogP contribution is -2.55. The monoisotopic (exact) mass is 471 g/mol. The highest BCUT2D eigenvalue weighted by atomic mass is 79.9. The molecule has 2 fully saturated rings. The summed E-state index contributed by atoms with van der Waals surface area (Å²) in [5.74, 6) is 1.29. The third-order valence-corrected chi connectivity index (χ3v) is 7.92. The van der Waals surface area contributed by atoms with Crippen molar-refractivity contribution in [3.63, 3.8) is 0 Å². The number of benzene rings is 2. The summed E-state index contributed by atoms with van der Waals surface area (Å²) in [6.45, 7) is 2.60. The van der Waals surface area contributed by atoms with Gasteiger partial charge in [0.2, 0.25) is 5.91 Å². The fraction of sp³-hybridized carbons (Fsp3) is 0.364. The Labute approximate surface area is 183 Å². The zero-order chi connectivity index (χ0) is 20.2. The molecule has 0 aliphatic carbocycles. The minimum absolute atomic E-state index is 0.0422. The van der Waals surface area contributed by atoms with Gasteiger partial charge in [-0.1, -0.05) is 40.2 Å². The lowest BCUT2D eigenvalue weighted by Gasteiger charge is -2.36. The number of likely N-dealkylation sites (N-methyl/N-ethyl adjacent to an activating group) is 1.